The van der Waals surface area contributed by atoms with Crippen molar-refractivity contribution >= 4 is 39.6 Å². The highest BCUT2D eigenvalue weighted by Gasteiger charge is 2.14. The van der Waals surface area contributed by atoms with Crippen molar-refractivity contribution in [3.63, 3.8) is 0 Å². The van der Waals surface area contributed by atoms with Crippen LogP contribution in [0.2, 0.25) is 0 Å². The number of nitrogens with zero attached hydrogens (tertiary/aromatic N) is 1. The molecular formula is C16H13BrFN3O4. The summed E-state index contributed by atoms with van der Waals surface area (Å²) < 4.78 is 18.8. The van der Waals surface area contributed by atoms with Crippen LogP contribution in [0.15, 0.2) is 46.0 Å². The molecule has 2 aromatic rings. The monoisotopic (exact) mass is 409 g/mol. The van der Waals surface area contributed by atoms with Crippen molar-refractivity contribution in [2.45, 2.75) is 0 Å². The molecule has 0 fully saturated rings. The predicted molar refractivity (Wildman–Crippen MR) is 93.1 cm³/mol. The lowest BCUT2D eigenvalue weighted by Gasteiger charge is -2.06. The third kappa shape index (κ3) is 4.77. The Kier molecular flexibility index (Phi) is 6.07. The minimum atomic E-state index is -1.07. The number of anilines is 1. The van der Waals surface area contributed by atoms with Gasteiger partial charge in [0.15, 0.2) is 11.5 Å². The SMILES string of the molecule is COc1cc(/C=N/NC(=O)C(=O)Nc2ccccc2F)cc(Br)c1O. The summed E-state index contributed by atoms with van der Waals surface area (Å²) in [6.07, 6.45) is 1.25. The molecule has 0 bridgehead atoms. The lowest BCUT2D eigenvalue weighted by atomic mass is 10.2. The Labute approximate surface area is 150 Å². The first-order valence-electron chi connectivity index (χ1n) is 6.87. The van der Waals surface area contributed by atoms with Crippen LogP contribution in [0, 0.1) is 5.82 Å². The van der Waals surface area contributed by atoms with Crippen molar-refractivity contribution in [2.24, 2.45) is 5.10 Å². The number of benzene rings is 2. The molecular weight excluding hydrogens is 397 g/mol. The number of aromatic hydroxyl groups is 1. The van der Waals surface area contributed by atoms with E-state index in [-0.39, 0.29) is 17.2 Å². The highest BCUT2D eigenvalue weighted by Crippen LogP contribution is 2.34. The van der Waals surface area contributed by atoms with Crippen LogP contribution in [-0.2, 0) is 9.59 Å². The van der Waals surface area contributed by atoms with E-state index in [1.807, 2.05) is 5.43 Å². The maximum Gasteiger partial charge on any atom is 0.329 e. The Balaban J connectivity index is 1.99. The Morgan fingerprint density at radius 3 is 2.68 bits per heavy atom. The molecule has 0 aromatic heterocycles. The molecule has 0 heterocycles. The fourth-order valence-corrected chi connectivity index (χ4v) is 2.24. The van der Waals surface area contributed by atoms with E-state index in [9.17, 15) is 19.1 Å². The van der Waals surface area contributed by atoms with Gasteiger partial charge in [0.2, 0.25) is 0 Å². The van der Waals surface area contributed by atoms with Gasteiger partial charge in [-0.25, -0.2) is 9.82 Å². The first kappa shape index (κ1) is 18.4. The van der Waals surface area contributed by atoms with Crippen LogP contribution in [-0.4, -0.2) is 30.2 Å². The topological polar surface area (TPSA) is 100 Å². The lowest BCUT2D eigenvalue weighted by Crippen LogP contribution is -2.32. The molecule has 0 aliphatic carbocycles. The third-order valence-electron chi connectivity index (χ3n) is 2.98. The maximum absolute atomic E-state index is 13.4. The standard InChI is InChI=1S/C16H13BrFN3O4/c1-25-13-7-9(6-10(17)14(13)22)8-19-21-16(24)15(23)20-12-5-3-2-4-11(12)18/h2-8,22H,1H3,(H,20,23)(H,21,24)/b19-8+. The molecule has 0 spiro atoms. The summed E-state index contributed by atoms with van der Waals surface area (Å²) in [5, 5.41) is 15.5. The second-order valence-electron chi connectivity index (χ2n) is 4.69. The van der Waals surface area contributed by atoms with Gasteiger partial charge >= 0.3 is 11.8 Å². The number of rotatable bonds is 4. The number of halogens is 2. The first-order chi connectivity index (χ1) is 11.9. The predicted octanol–water partition coefficient (Wildman–Crippen LogP) is 2.39. The first-order valence-corrected chi connectivity index (χ1v) is 7.67. The largest absolute Gasteiger partial charge is 0.503 e. The summed E-state index contributed by atoms with van der Waals surface area (Å²) in [5.74, 6) is -2.66. The van der Waals surface area contributed by atoms with Gasteiger partial charge in [-0.2, -0.15) is 5.10 Å². The molecule has 0 atom stereocenters. The summed E-state index contributed by atoms with van der Waals surface area (Å²) in [6.45, 7) is 0. The van der Waals surface area contributed by atoms with Gasteiger partial charge < -0.3 is 15.2 Å². The van der Waals surface area contributed by atoms with Crippen LogP contribution < -0.4 is 15.5 Å². The molecule has 2 rings (SSSR count). The maximum atomic E-state index is 13.4. The van der Waals surface area contributed by atoms with Crippen molar-refractivity contribution in [1.82, 2.24) is 5.43 Å². The van der Waals surface area contributed by atoms with Crippen LogP contribution in [0.1, 0.15) is 5.56 Å². The number of para-hydroxylation sites is 1. The Bertz CT molecular complexity index is 842. The summed E-state index contributed by atoms with van der Waals surface area (Å²) in [7, 11) is 1.39. The van der Waals surface area contributed by atoms with Gasteiger partial charge in [0, 0.05) is 0 Å². The average molecular weight is 410 g/mol. The normalized spacial score (nSPS) is 10.5. The molecule has 2 aromatic carbocycles. The van der Waals surface area contributed by atoms with Crippen LogP contribution in [0.5, 0.6) is 11.5 Å². The third-order valence-corrected chi connectivity index (χ3v) is 3.58. The highest BCUT2D eigenvalue weighted by atomic mass is 79.9. The number of ether oxygens (including phenoxy) is 1. The van der Waals surface area contributed by atoms with Crippen molar-refractivity contribution in [3.8, 4) is 11.5 Å². The lowest BCUT2D eigenvalue weighted by molar-refractivity contribution is -0.136. The fraction of sp³-hybridized carbons (Fsp3) is 0.0625. The van der Waals surface area contributed by atoms with Gasteiger partial charge in [-0.3, -0.25) is 9.59 Å². The molecule has 0 saturated carbocycles. The van der Waals surface area contributed by atoms with Crippen molar-refractivity contribution in [3.05, 3.63) is 52.3 Å². The quantitative estimate of drug-likeness (QED) is 0.410. The van der Waals surface area contributed by atoms with E-state index in [0.717, 1.165) is 6.07 Å². The number of carbonyl (C=O) groups is 2. The molecule has 0 aliphatic rings. The van der Waals surface area contributed by atoms with Gasteiger partial charge in [-0.05, 0) is 45.8 Å². The van der Waals surface area contributed by atoms with E-state index in [1.54, 1.807) is 0 Å². The number of hydrogen-bond donors (Lipinski definition) is 3. The molecule has 25 heavy (non-hydrogen) atoms. The van der Waals surface area contributed by atoms with Crippen molar-refractivity contribution < 1.29 is 23.8 Å². The smallest absolute Gasteiger partial charge is 0.329 e. The van der Waals surface area contributed by atoms with Gasteiger partial charge in [-0.15, -0.1) is 0 Å². The molecule has 0 aliphatic heterocycles. The second kappa shape index (κ2) is 8.25. The minimum Gasteiger partial charge on any atom is -0.503 e. The number of nitrogens with one attached hydrogen (secondary N) is 2. The zero-order valence-electron chi connectivity index (χ0n) is 12.9. The van der Waals surface area contributed by atoms with E-state index < -0.39 is 17.6 Å². The Morgan fingerprint density at radius 1 is 1.28 bits per heavy atom. The Morgan fingerprint density at radius 2 is 2.00 bits per heavy atom. The van der Waals surface area contributed by atoms with Crippen molar-refractivity contribution in [2.75, 3.05) is 12.4 Å². The van der Waals surface area contributed by atoms with E-state index in [4.69, 9.17) is 4.74 Å². The van der Waals surface area contributed by atoms with Gasteiger partial charge in [-0.1, -0.05) is 12.1 Å². The summed E-state index contributed by atoms with van der Waals surface area (Å²) in [5.41, 5.74) is 2.40. The van der Waals surface area contributed by atoms with E-state index in [1.165, 1.54) is 43.7 Å². The number of methoxy groups -OCH3 is 1. The van der Waals surface area contributed by atoms with Crippen molar-refractivity contribution in [1.29, 1.82) is 0 Å². The van der Waals surface area contributed by atoms with E-state index in [2.05, 4.69) is 26.3 Å². The summed E-state index contributed by atoms with van der Waals surface area (Å²) in [6, 6.07) is 8.47. The number of phenolic OH excluding ortho intramolecular Hbond substituents is 1. The number of carbonyl (C=O) groups excluding carboxylic acids is 2. The highest BCUT2D eigenvalue weighted by molar-refractivity contribution is 9.10. The zero-order valence-corrected chi connectivity index (χ0v) is 14.5. The van der Waals surface area contributed by atoms with E-state index in [0.29, 0.717) is 10.0 Å². The van der Waals surface area contributed by atoms with Crippen LogP contribution >= 0.6 is 15.9 Å². The summed E-state index contributed by atoms with van der Waals surface area (Å²) in [4.78, 5) is 23.3. The number of hydrogen-bond acceptors (Lipinski definition) is 5. The molecule has 130 valence electrons. The van der Waals surface area contributed by atoms with E-state index >= 15 is 0 Å². The molecule has 9 heteroatoms. The van der Waals surface area contributed by atoms with Gasteiger partial charge in [0.05, 0.1) is 23.5 Å². The zero-order chi connectivity index (χ0) is 18.4. The molecule has 7 nitrogen and oxygen atoms in total. The van der Waals surface area contributed by atoms with Gasteiger partial charge in [0.1, 0.15) is 5.82 Å². The van der Waals surface area contributed by atoms with Crippen LogP contribution in [0.25, 0.3) is 0 Å². The molecule has 0 radical (unpaired) electrons. The average Bonchev–Trinajstić information content (AvgIpc) is 2.59. The second-order valence-corrected chi connectivity index (χ2v) is 5.54. The molecule has 3 N–H and O–H groups in total. The fourth-order valence-electron chi connectivity index (χ4n) is 1.78. The molecule has 0 unspecified atom stereocenters. The van der Waals surface area contributed by atoms with Crippen LogP contribution in [0.4, 0.5) is 10.1 Å². The summed E-state index contributed by atoms with van der Waals surface area (Å²) >= 11 is 3.15. The molecule has 2 amide bonds. The molecule has 0 saturated heterocycles. The number of amides is 2. The van der Waals surface area contributed by atoms with Gasteiger partial charge in [0.25, 0.3) is 0 Å². The van der Waals surface area contributed by atoms with Crippen LogP contribution in [0.3, 0.4) is 0 Å². The number of hydrazone groups is 1. The number of phenols is 1. The minimum absolute atomic E-state index is 0.0760. The Hall–Kier alpha value is -2.94.